The normalized spacial score (nSPS) is 30.1. The zero-order chi connectivity index (χ0) is 24.2. The molecule has 2 bridgehead atoms. The van der Waals surface area contributed by atoms with E-state index in [1.807, 2.05) is 12.1 Å². The van der Waals surface area contributed by atoms with Gasteiger partial charge in [-0.15, -0.1) is 0 Å². The third-order valence-corrected chi connectivity index (χ3v) is 9.60. The van der Waals surface area contributed by atoms with Crippen LogP contribution in [-0.2, 0) is 17.6 Å². The van der Waals surface area contributed by atoms with Crippen LogP contribution in [0.1, 0.15) is 83.7 Å². The van der Waals surface area contributed by atoms with E-state index in [0.717, 1.165) is 50.7 Å². The number of carbonyl (C=O) groups is 1. The van der Waals surface area contributed by atoms with E-state index in [2.05, 4.69) is 54.6 Å². The lowest BCUT2D eigenvalue weighted by Crippen LogP contribution is -2.50. The van der Waals surface area contributed by atoms with Gasteiger partial charge in [0.05, 0.1) is 12.0 Å². The Bertz CT molecular complexity index is 1260. The monoisotopic (exact) mass is 478 g/mol. The van der Waals surface area contributed by atoms with Gasteiger partial charge in [0.25, 0.3) is 0 Å². The van der Waals surface area contributed by atoms with Crippen molar-refractivity contribution in [2.45, 2.75) is 69.3 Å². The van der Waals surface area contributed by atoms with E-state index in [4.69, 9.17) is 4.74 Å². The number of hydrogen-bond donors (Lipinski definition) is 1. The first-order valence-electron chi connectivity index (χ1n) is 13.9. The molecular formula is C33H34O3. The van der Waals surface area contributed by atoms with Crippen LogP contribution < -0.4 is 4.74 Å². The second-order valence-corrected chi connectivity index (χ2v) is 11.4. The zero-order valence-electron chi connectivity index (χ0n) is 20.7. The van der Waals surface area contributed by atoms with Crippen molar-refractivity contribution in [3.8, 4) is 5.75 Å². The Kier molecular flexibility index (Phi) is 5.50. The van der Waals surface area contributed by atoms with Crippen LogP contribution in [-0.4, -0.2) is 17.2 Å². The van der Waals surface area contributed by atoms with Crippen molar-refractivity contribution >= 4 is 5.97 Å². The molecule has 36 heavy (non-hydrogen) atoms. The van der Waals surface area contributed by atoms with Crippen molar-refractivity contribution in [3.05, 3.63) is 100 Å². The largest absolute Gasteiger partial charge is 0.426 e. The van der Waals surface area contributed by atoms with Crippen LogP contribution in [0.4, 0.5) is 0 Å². The van der Waals surface area contributed by atoms with Gasteiger partial charge in [-0.3, -0.25) is 4.79 Å². The minimum absolute atomic E-state index is 0.0337. The molecule has 0 radical (unpaired) electrons. The number of aliphatic hydroxyl groups excluding tert-OH is 1. The Morgan fingerprint density at radius 1 is 0.722 bits per heavy atom. The van der Waals surface area contributed by atoms with Gasteiger partial charge >= 0.3 is 5.97 Å². The van der Waals surface area contributed by atoms with Crippen molar-refractivity contribution in [1.29, 1.82) is 0 Å². The summed E-state index contributed by atoms with van der Waals surface area (Å²) in [4.78, 5) is 14.3. The molecule has 0 spiro atoms. The summed E-state index contributed by atoms with van der Waals surface area (Å²) >= 11 is 0. The molecule has 3 nitrogen and oxygen atoms in total. The number of rotatable bonds is 3. The molecule has 3 aromatic carbocycles. The first kappa shape index (κ1) is 22.3. The van der Waals surface area contributed by atoms with Crippen molar-refractivity contribution in [3.63, 3.8) is 0 Å². The number of benzene rings is 3. The lowest BCUT2D eigenvalue weighted by molar-refractivity contribution is -0.145. The standard InChI is InChI=1S/C33H34O3/c34-27-18-8-7-17-26(27)31-29-22-13-3-5-15-24(22)30(25-16-6-4-14-23(25)29)32(31)33(35)36-28-19-9-11-20-10-1-2-12-21(20)28/h3-6,9,11,13-16,19,26-27,29-32,34H,1-2,7-8,10,12,17-18H2. The Balaban J connectivity index is 1.36. The van der Waals surface area contributed by atoms with Crippen LogP contribution in [0, 0.1) is 17.8 Å². The maximum absolute atomic E-state index is 14.3. The number of ether oxygens (including phenoxy) is 1. The van der Waals surface area contributed by atoms with E-state index < -0.39 is 0 Å². The molecule has 3 aromatic rings. The van der Waals surface area contributed by atoms with Gasteiger partial charge in [-0.25, -0.2) is 0 Å². The zero-order valence-corrected chi connectivity index (χ0v) is 20.7. The molecule has 0 aliphatic heterocycles. The summed E-state index contributed by atoms with van der Waals surface area (Å²) in [6, 6.07) is 23.6. The predicted octanol–water partition coefficient (Wildman–Crippen LogP) is 6.55. The molecule has 0 amide bonds. The fourth-order valence-electron chi connectivity index (χ4n) is 8.13. The summed E-state index contributed by atoms with van der Waals surface area (Å²) < 4.78 is 6.37. The summed E-state index contributed by atoms with van der Waals surface area (Å²) in [5.41, 5.74) is 7.74. The van der Waals surface area contributed by atoms with Crippen molar-refractivity contribution < 1.29 is 14.6 Å². The van der Waals surface area contributed by atoms with Gasteiger partial charge in [0, 0.05) is 11.8 Å². The van der Waals surface area contributed by atoms with Gasteiger partial charge in [-0.2, -0.15) is 0 Å². The summed E-state index contributed by atoms with van der Waals surface area (Å²) in [5.74, 6) is 0.573. The highest BCUT2D eigenvalue weighted by molar-refractivity contribution is 5.81. The predicted molar refractivity (Wildman–Crippen MR) is 140 cm³/mol. The van der Waals surface area contributed by atoms with E-state index in [1.54, 1.807) is 0 Å². The number of aliphatic hydroxyl groups is 1. The third kappa shape index (κ3) is 3.39. The van der Waals surface area contributed by atoms with Gasteiger partial charge in [-0.05, 0) is 89.8 Å². The topological polar surface area (TPSA) is 46.5 Å². The molecule has 1 fully saturated rings. The number of fused-ring (bicyclic) bond motifs is 2. The number of aryl methyl sites for hydroxylation is 1. The highest BCUT2D eigenvalue weighted by atomic mass is 16.5. The molecule has 4 unspecified atom stereocenters. The first-order chi connectivity index (χ1) is 17.7. The molecule has 5 aliphatic rings. The molecule has 5 aliphatic carbocycles. The van der Waals surface area contributed by atoms with Crippen LogP contribution in [0.3, 0.4) is 0 Å². The van der Waals surface area contributed by atoms with Crippen LogP contribution >= 0.6 is 0 Å². The molecule has 3 heteroatoms. The van der Waals surface area contributed by atoms with Crippen LogP contribution in [0.5, 0.6) is 5.75 Å². The van der Waals surface area contributed by atoms with Crippen molar-refractivity contribution in [2.24, 2.45) is 17.8 Å². The second-order valence-electron chi connectivity index (χ2n) is 11.4. The van der Waals surface area contributed by atoms with Crippen LogP contribution in [0.15, 0.2) is 66.7 Å². The first-order valence-corrected chi connectivity index (χ1v) is 13.9. The van der Waals surface area contributed by atoms with Crippen molar-refractivity contribution in [2.75, 3.05) is 0 Å². The van der Waals surface area contributed by atoms with E-state index in [1.165, 1.54) is 39.8 Å². The number of esters is 1. The second kappa shape index (κ2) is 8.88. The number of hydrogen-bond acceptors (Lipinski definition) is 3. The third-order valence-electron chi connectivity index (χ3n) is 9.60. The highest BCUT2D eigenvalue weighted by Gasteiger charge is 2.56. The summed E-state index contributed by atoms with van der Waals surface area (Å²) in [6.45, 7) is 0. The van der Waals surface area contributed by atoms with Gasteiger partial charge in [0.15, 0.2) is 0 Å². The molecular weight excluding hydrogens is 444 g/mol. The fraction of sp³-hybridized carbons (Fsp3) is 0.424. The maximum atomic E-state index is 14.3. The molecule has 8 rings (SSSR count). The molecule has 0 aromatic heterocycles. The van der Waals surface area contributed by atoms with E-state index in [0.29, 0.717) is 0 Å². The lowest BCUT2D eigenvalue weighted by atomic mass is 9.50. The summed E-state index contributed by atoms with van der Waals surface area (Å²) in [5, 5.41) is 11.2. The highest BCUT2D eigenvalue weighted by Crippen LogP contribution is 2.61. The minimum atomic E-state index is -0.359. The summed E-state index contributed by atoms with van der Waals surface area (Å²) in [7, 11) is 0. The summed E-state index contributed by atoms with van der Waals surface area (Å²) in [6.07, 6.45) is 8.02. The molecule has 4 atom stereocenters. The maximum Gasteiger partial charge on any atom is 0.315 e. The van der Waals surface area contributed by atoms with Crippen molar-refractivity contribution in [1.82, 2.24) is 0 Å². The van der Waals surface area contributed by atoms with Gasteiger partial charge in [-0.1, -0.05) is 73.5 Å². The Morgan fingerprint density at radius 3 is 2.06 bits per heavy atom. The average Bonchev–Trinajstić information content (AvgIpc) is 2.93. The minimum Gasteiger partial charge on any atom is -0.426 e. The Labute approximate surface area is 213 Å². The van der Waals surface area contributed by atoms with Gasteiger partial charge in [0.1, 0.15) is 5.75 Å². The average molecular weight is 479 g/mol. The van der Waals surface area contributed by atoms with Gasteiger partial charge < -0.3 is 9.84 Å². The Morgan fingerprint density at radius 2 is 1.36 bits per heavy atom. The molecule has 0 saturated heterocycles. The smallest absolute Gasteiger partial charge is 0.315 e. The van der Waals surface area contributed by atoms with Gasteiger partial charge in [0.2, 0.25) is 0 Å². The van der Waals surface area contributed by atoms with Crippen LogP contribution in [0.2, 0.25) is 0 Å². The number of carbonyl (C=O) groups excluding carboxylic acids is 1. The molecule has 1 saturated carbocycles. The Hall–Kier alpha value is -2.91. The molecule has 184 valence electrons. The lowest BCUT2D eigenvalue weighted by Gasteiger charge is -2.53. The van der Waals surface area contributed by atoms with Crippen LogP contribution in [0.25, 0.3) is 0 Å². The van der Waals surface area contributed by atoms with E-state index in [-0.39, 0.29) is 41.7 Å². The SMILES string of the molecule is O=C(Oc1cccc2c1CCCC2)C1C2c3ccccc3C(c3ccccc32)C1C1CCCCC1O. The fourth-order valence-corrected chi connectivity index (χ4v) is 8.13. The quantitative estimate of drug-likeness (QED) is 0.343. The van der Waals surface area contributed by atoms with E-state index in [9.17, 15) is 9.90 Å². The molecule has 1 N–H and O–H groups in total. The van der Waals surface area contributed by atoms with E-state index >= 15 is 0 Å². The molecule has 0 heterocycles.